The van der Waals surface area contributed by atoms with Gasteiger partial charge >= 0.3 is 6.03 Å². The predicted octanol–water partition coefficient (Wildman–Crippen LogP) is 0.501. The highest BCUT2D eigenvalue weighted by atomic mass is 32.2. The van der Waals surface area contributed by atoms with Gasteiger partial charge in [0.2, 0.25) is 10.0 Å². The molecule has 0 saturated carbocycles. The van der Waals surface area contributed by atoms with Gasteiger partial charge in [-0.15, -0.1) is 10.2 Å². The van der Waals surface area contributed by atoms with Gasteiger partial charge in [-0.1, -0.05) is 6.92 Å². The summed E-state index contributed by atoms with van der Waals surface area (Å²) in [5, 5.41) is 10.9. The standard InChI is InChI=1S/C15H28N6O3S/c1-4-7-20-12-17-18-14(20)11-19(2)15(22)16-9-13-6-5-8-21(10-13)25(3,23)24/h12-13H,4-11H2,1-3H3,(H,16,22)/t13-/m0/s1. The van der Waals surface area contributed by atoms with Gasteiger partial charge in [0, 0.05) is 33.2 Å². The van der Waals surface area contributed by atoms with E-state index in [0.717, 1.165) is 31.6 Å². The Balaban J connectivity index is 1.82. The lowest BCUT2D eigenvalue weighted by Crippen LogP contribution is -2.45. The van der Waals surface area contributed by atoms with E-state index in [1.807, 2.05) is 4.57 Å². The van der Waals surface area contributed by atoms with Crippen LogP contribution in [0.15, 0.2) is 6.33 Å². The molecule has 9 nitrogen and oxygen atoms in total. The summed E-state index contributed by atoms with van der Waals surface area (Å²) >= 11 is 0. The maximum Gasteiger partial charge on any atom is 0.317 e. The van der Waals surface area contributed by atoms with Crippen LogP contribution in [0.5, 0.6) is 0 Å². The highest BCUT2D eigenvalue weighted by molar-refractivity contribution is 7.88. The van der Waals surface area contributed by atoms with Gasteiger partial charge in [-0.3, -0.25) is 0 Å². The average molecular weight is 372 g/mol. The molecule has 2 rings (SSSR count). The highest BCUT2D eigenvalue weighted by Crippen LogP contribution is 2.18. The van der Waals surface area contributed by atoms with Crippen LogP contribution in [0.1, 0.15) is 32.0 Å². The number of aromatic nitrogens is 3. The number of hydrogen-bond acceptors (Lipinski definition) is 5. The number of piperidine rings is 1. The molecule has 1 fully saturated rings. The van der Waals surface area contributed by atoms with Crippen LogP contribution in [0, 0.1) is 5.92 Å². The van der Waals surface area contributed by atoms with E-state index in [1.54, 1.807) is 18.3 Å². The molecule has 0 radical (unpaired) electrons. The van der Waals surface area contributed by atoms with Crippen LogP contribution in [0.2, 0.25) is 0 Å². The monoisotopic (exact) mass is 372 g/mol. The van der Waals surface area contributed by atoms with Crippen LogP contribution >= 0.6 is 0 Å². The van der Waals surface area contributed by atoms with Crippen molar-refractivity contribution in [1.29, 1.82) is 0 Å². The normalized spacial score (nSPS) is 18.9. The summed E-state index contributed by atoms with van der Waals surface area (Å²) in [6.07, 6.45) is 5.62. The van der Waals surface area contributed by atoms with Crippen LogP contribution in [-0.2, 0) is 23.1 Å². The molecule has 0 aromatic carbocycles. The van der Waals surface area contributed by atoms with Crippen LogP contribution in [0.4, 0.5) is 4.79 Å². The zero-order valence-electron chi connectivity index (χ0n) is 15.2. The third-order valence-electron chi connectivity index (χ3n) is 4.38. The van der Waals surface area contributed by atoms with Crippen molar-refractivity contribution in [1.82, 2.24) is 29.3 Å². The first-order chi connectivity index (χ1) is 11.8. The second-order valence-corrected chi connectivity index (χ2v) is 8.59. The van der Waals surface area contributed by atoms with Gasteiger partial charge in [-0.05, 0) is 25.2 Å². The van der Waals surface area contributed by atoms with E-state index in [4.69, 9.17) is 0 Å². The highest BCUT2D eigenvalue weighted by Gasteiger charge is 2.26. The number of carbonyl (C=O) groups excluding carboxylic acids is 1. The minimum Gasteiger partial charge on any atom is -0.338 e. The Morgan fingerprint density at radius 1 is 1.48 bits per heavy atom. The van der Waals surface area contributed by atoms with Crippen molar-refractivity contribution >= 4 is 16.1 Å². The maximum atomic E-state index is 12.3. The maximum absolute atomic E-state index is 12.3. The number of sulfonamides is 1. The molecule has 142 valence electrons. The molecule has 0 aliphatic carbocycles. The Morgan fingerprint density at radius 3 is 2.92 bits per heavy atom. The fourth-order valence-electron chi connectivity index (χ4n) is 2.97. The molecule has 1 aliphatic heterocycles. The van der Waals surface area contributed by atoms with Crippen molar-refractivity contribution in [3.63, 3.8) is 0 Å². The molecule has 1 saturated heterocycles. The molecule has 0 bridgehead atoms. The number of nitrogens with one attached hydrogen (secondary N) is 1. The number of amides is 2. The quantitative estimate of drug-likeness (QED) is 0.751. The minimum absolute atomic E-state index is 0.143. The van der Waals surface area contributed by atoms with E-state index in [2.05, 4.69) is 22.4 Å². The Hall–Kier alpha value is -1.68. The van der Waals surface area contributed by atoms with E-state index in [9.17, 15) is 13.2 Å². The molecule has 25 heavy (non-hydrogen) atoms. The Labute approximate surface area is 149 Å². The first-order valence-corrected chi connectivity index (χ1v) is 10.5. The van der Waals surface area contributed by atoms with Crippen molar-refractivity contribution in [2.45, 2.75) is 39.3 Å². The van der Waals surface area contributed by atoms with E-state index in [0.29, 0.717) is 26.2 Å². The van der Waals surface area contributed by atoms with Gasteiger partial charge in [-0.2, -0.15) is 0 Å². The van der Waals surface area contributed by atoms with Crippen molar-refractivity contribution in [2.24, 2.45) is 5.92 Å². The lowest BCUT2D eigenvalue weighted by atomic mass is 10.00. The number of carbonyl (C=O) groups is 1. The summed E-state index contributed by atoms with van der Waals surface area (Å²) in [4.78, 5) is 13.8. The molecule has 1 atom stereocenters. The number of hydrogen-bond donors (Lipinski definition) is 1. The molecule has 1 aromatic heterocycles. The van der Waals surface area contributed by atoms with Crippen LogP contribution in [0.3, 0.4) is 0 Å². The molecule has 0 unspecified atom stereocenters. The molecule has 1 aromatic rings. The first kappa shape index (κ1) is 19.6. The van der Waals surface area contributed by atoms with Crippen molar-refractivity contribution in [3.05, 3.63) is 12.2 Å². The SMILES string of the molecule is CCCn1cnnc1CN(C)C(=O)NC[C@@H]1CCCN(S(C)(=O)=O)C1. The molecule has 2 amide bonds. The topological polar surface area (TPSA) is 100 Å². The van der Waals surface area contributed by atoms with Gasteiger partial charge in [0.1, 0.15) is 6.33 Å². The van der Waals surface area contributed by atoms with Gasteiger partial charge < -0.3 is 14.8 Å². The van der Waals surface area contributed by atoms with Crippen LogP contribution in [-0.4, -0.2) is 71.4 Å². The summed E-state index contributed by atoms with van der Waals surface area (Å²) in [7, 11) is -1.45. The van der Waals surface area contributed by atoms with E-state index < -0.39 is 10.0 Å². The zero-order valence-corrected chi connectivity index (χ0v) is 16.0. The lowest BCUT2D eigenvalue weighted by molar-refractivity contribution is 0.198. The van der Waals surface area contributed by atoms with Crippen LogP contribution < -0.4 is 5.32 Å². The van der Waals surface area contributed by atoms with E-state index in [1.165, 1.54) is 10.6 Å². The summed E-state index contributed by atoms with van der Waals surface area (Å²) in [6, 6.07) is -0.192. The molecule has 1 N–H and O–H groups in total. The summed E-state index contributed by atoms with van der Waals surface area (Å²) in [5.41, 5.74) is 0. The third kappa shape index (κ3) is 5.67. The van der Waals surface area contributed by atoms with Gasteiger partial charge in [-0.25, -0.2) is 17.5 Å². The number of nitrogens with zero attached hydrogens (tertiary/aromatic N) is 5. The smallest absolute Gasteiger partial charge is 0.317 e. The van der Waals surface area contributed by atoms with Crippen LogP contribution in [0.25, 0.3) is 0 Å². The molecular weight excluding hydrogens is 344 g/mol. The number of rotatable bonds is 7. The second-order valence-electron chi connectivity index (χ2n) is 6.61. The van der Waals surface area contributed by atoms with E-state index >= 15 is 0 Å². The summed E-state index contributed by atoms with van der Waals surface area (Å²) < 4.78 is 26.7. The van der Waals surface area contributed by atoms with Crippen molar-refractivity contribution < 1.29 is 13.2 Å². The molecule has 0 spiro atoms. The van der Waals surface area contributed by atoms with Gasteiger partial charge in [0.15, 0.2) is 5.82 Å². The number of urea groups is 1. The average Bonchev–Trinajstić information content (AvgIpc) is 2.99. The lowest BCUT2D eigenvalue weighted by Gasteiger charge is -2.31. The fourth-order valence-corrected chi connectivity index (χ4v) is 3.92. The largest absolute Gasteiger partial charge is 0.338 e. The molecule has 2 heterocycles. The third-order valence-corrected chi connectivity index (χ3v) is 5.65. The minimum atomic E-state index is -3.17. The molecular formula is C15H28N6O3S. The summed E-state index contributed by atoms with van der Waals surface area (Å²) in [6.45, 7) is 4.78. The van der Waals surface area contributed by atoms with Crippen molar-refractivity contribution in [3.8, 4) is 0 Å². The van der Waals surface area contributed by atoms with Gasteiger partial charge in [0.25, 0.3) is 0 Å². The Bertz CT molecular complexity index is 675. The molecule has 1 aliphatic rings. The molecule has 10 heteroatoms. The Morgan fingerprint density at radius 2 is 2.24 bits per heavy atom. The first-order valence-electron chi connectivity index (χ1n) is 8.62. The van der Waals surface area contributed by atoms with Crippen molar-refractivity contribution in [2.75, 3.05) is 32.9 Å². The zero-order chi connectivity index (χ0) is 18.4. The predicted molar refractivity (Wildman–Crippen MR) is 94.3 cm³/mol. The van der Waals surface area contributed by atoms with Gasteiger partial charge in [0.05, 0.1) is 12.8 Å². The van der Waals surface area contributed by atoms with E-state index in [-0.39, 0.29) is 11.9 Å². The summed E-state index contributed by atoms with van der Waals surface area (Å²) in [5.74, 6) is 0.894. The number of aryl methyl sites for hydroxylation is 1. The Kier molecular flexibility index (Phi) is 6.77. The second kappa shape index (κ2) is 8.61. The fraction of sp³-hybridized carbons (Fsp3) is 0.800.